The minimum absolute atomic E-state index is 0.183. The Bertz CT molecular complexity index is 1050. The van der Waals surface area contributed by atoms with E-state index in [0.29, 0.717) is 53.7 Å². The molecule has 0 saturated carbocycles. The minimum Gasteiger partial charge on any atom is -0.450 e. The molecule has 8 nitrogen and oxygen atoms in total. The summed E-state index contributed by atoms with van der Waals surface area (Å²) in [5, 5.41) is 0.611. The molecule has 4 heterocycles. The molecular weight excluding hydrogens is 368 g/mol. The Morgan fingerprint density at radius 2 is 2.26 bits per heavy atom. The van der Waals surface area contributed by atoms with E-state index in [1.54, 1.807) is 11.8 Å². The van der Waals surface area contributed by atoms with Crippen molar-refractivity contribution in [3.63, 3.8) is 0 Å². The highest BCUT2D eigenvalue weighted by molar-refractivity contribution is 7.18. The molecule has 0 aromatic carbocycles. The highest BCUT2D eigenvalue weighted by Gasteiger charge is 2.27. The molecule has 1 N–H and O–H groups in total. The first-order valence-electron chi connectivity index (χ1n) is 9.01. The van der Waals surface area contributed by atoms with Gasteiger partial charge in [-0.25, -0.2) is 14.8 Å². The summed E-state index contributed by atoms with van der Waals surface area (Å²) in [7, 11) is 0. The van der Waals surface area contributed by atoms with E-state index in [4.69, 9.17) is 9.15 Å². The van der Waals surface area contributed by atoms with Gasteiger partial charge in [0.1, 0.15) is 16.8 Å². The Kier molecular flexibility index (Phi) is 4.69. The molecule has 1 amide bonds. The molecule has 0 radical (unpaired) electrons. The van der Waals surface area contributed by atoms with Crippen LogP contribution in [0.25, 0.3) is 21.7 Å². The molecule has 9 heteroatoms. The summed E-state index contributed by atoms with van der Waals surface area (Å²) in [5.74, 6) is 1.03. The Labute approximate surface area is 159 Å². The SMILES string of the molecule is CCCc1nc(-c2nc3sc4c(c3c(=O)[nH]2)CCN(C(=O)OCC)C4)co1. The van der Waals surface area contributed by atoms with Crippen molar-refractivity contribution in [1.82, 2.24) is 19.9 Å². The lowest BCUT2D eigenvalue weighted by atomic mass is 10.1. The maximum atomic E-state index is 12.7. The third-order valence-corrected chi connectivity index (χ3v) is 5.61. The predicted molar refractivity (Wildman–Crippen MR) is 101 cm³/mol. The van der Waals surface area contributed by atoms with Crippen LogP contribution in [-0.4, -0.2) is 39.1 Å². The monoisotopic (exact) mass is 388 g/mol. The van der Waals surface area contributed by atoms with Gasteiger partial charge in [-0.1, -0.05) is 6.92 Å². The summed E-state index contributed by atoms with van der Waals surface area (Å²) >= 11 is 1.44. The van der Waals surface area contributed by atoms with E-state index >= 15 is 0 Å². The lowest BCUT2D eigenvalue weighted by Gasteiger charge is -2.25. The fourth-order valence-electron chi connectivity index (χ4n) is 3.24. The molecule has 0 fully saturated rings. The van der Waals surface area contributed by atoms with Gasteiger partial charge in [-0.15, -0.1) is 11.3 Å². The van der Waals surface area contributed by atoms with Crippen molar-refractivity contribution in [3.8, 4) is 11.5 Å². The van der Waals surface area contributed by atoms with Crippen LogP contribution in [0.1, 0.15) is 36.6 Å². The highest BCUT2D eigenvalue weighted by atomic mass is 32.1. The van der Waals surface area contributed by atoms with E-state index in [1.807, 2.05) is 6.92 Å². The highest BCUT2D eigenvalue weighted by Crippen LogP contribution is 2.33. The molecule has 27 heavy (non-hydrogen) atoms. The molecule has 3 aromatic heterocycles. The molecule has 0 bridgehead atoms. The molecule has 0 unspecified atom stereocenters. The van der Waals surface area contributed by atoms with Gasteiger partial charge < -0.3 is 19.0 Å². The van der Waals surface area contributed by atoms with E-state index in [9.17, 15) is 9.59 Å². The zero-order valence-corrected chi connectivity index (χ0v) is 16.0. The van der Waals surface area contributed by atoms with Crippen LogP contribution in [0.15, 0.2) is 15.5 Å². The number of aryl methyl sites for hydroxylation is 1. The van der Waals surface area contributed by atoms with Crippen molar-refractivity contribution in [2.75, 3.05) is 13.2 Å². The Balaban J connectivity index is 1.70. The standard InChI is InChI=1S/C18H20N4O4S/c1-3-5-13-19-11(9-26-13)15-20-16(23)14-10-6-7-22(18(24)25-4-2)8-12(10)27-17(14)21-15/h9H,3-8H2,1-2H3,(H,20,21,23). The number of ether oxygens (including phenoxy) is 1. The van der Waals surface area contributed by atoms with Crippen molar-refractivity contribution < 1.29 is 13.9 Å². The largest absolute Gasteiger partial charge is 0.450 e. The van der Waals surface area contributed by atoms with Crippen LogP contribution in [0.2, 0.25) is 0 Å². The Morgan fingerprint density at radius 3 is 3.04 bits per heavy atom. The number of carbonyl (C=O) groups is 1. The molecule has 1 aliphatic rings. The zero-order chi connectivity index (χ0) is 19.0. The summed E-state index contributed by atoms with van der Waals surface area (Å²) < 4.78 is 10.5. The van der Waals surface area contributed by atoms with Gasteiger partial charge in [-0.3, -0.25) is 4.79 Å². The lowest BCUT2D eigenvalue weighted by molar-refractivity contribution is 0.103. The van der Waals surface area contributed by atoms with Crippen LogP contribution in [0.4, 0.5) is 4.79 Å². The molecular formula is C18H20N4O4S. The van der Waals surface area contributed by atoms with E-state index in [-0.39, 0.29) is 11.7 Å². The molecule has 0 spiro atoms. The fraction of sp³-hybridized carbons (Fsp3) is 0.444. The average molecular weight is 388 g/mol. The summed E-state index contributed by atoms with van der Waals surface area (Å²) in [5.41, 5.74) is 1.32. The second-order valence-electron chi connectivity index (χ2n) is 6.35. The van der Waals surface area contributed by atoms with Crippen molar-refractivity contribution in [2.45, 2.75) is 39.7 Å². The van der Waals surface area contributed by atoms with Crippen molar-refractivity contribution in [1.29, 1.82) is 0 Å². The van der Waals surface area contributed by atoms with Crippen LogP contribution in [-0.2, 0) is 24.1 Å². The second kappa shape index (κ2) is 7.15. The van der Waals surface area contributed by atoms with E-state index in [0.717, 1.165) is 23.3 Å². The van der Waals surface area contributed by atoms with Crippen LogP contribution in [0, 0.1) is 0 Å². The van der Waals surface area contributed by atoms with Gasteiger partial charge in [-0.05, 0) is 25.3 Å². The van der Waals surface area contributed by atoms with Gasteiger partial charge in [0.25, 0.3) is 5.56 Å². The molecule has 1 aliphatic heterocycles. The first-order chi connectivity index (χ1) is 13.1. The second-order valence-corrected chi connectivity index (χ2v) is 7.43. The third-order valence-electron chi connectivity index (χ3n) is 4.49. The summed E-state index contributed by atoms with van der Waals surface area (Å²) in [4.78, 5) is 39.8. The number of H-pyrrole nitrogens is 1. The van der Waals surface area contributed by atoms with Gasteiger partial charge in [0.05, 0.1) is 18.5 Å². The average Bonchev–Trinajstić information content (AvgIpc) is 3.25. The van der Waals surface area contributed by atoms with Crippen molar-refractivity contribution >= 4 is 27.6 Å². The van der Waals surface area contributed by atoms with Crippen molar-refractivity contribution in [2.24, 2.45) is 0 Å². The number of nitrogens with zero attached hydrogens (tertiary/aromatic N) is 3. The van der Waals surface area contributed by atoms with Crippen LogP contribution >= 0.6 is 11.3 Å². The first kappa shape index (κ1) is 17.7. The quantitative estimate of drug-likeness (QED) is 0.737. The summed E-state index contributed by atoms with van der Waals surface area (Å²) in [6, 6.07) is 0. The van der Waals surface area contributed by atoms with Gasteiger partial charge in [0.2, 0.25) is 0 Å². The number of amides is 1. The van der Waals surface area contributed by atoms with Gasteiger partial charge >= 0.3 is 6.09 Å². The van der Waals surface area contributed by atoms with Gasteiger partial charge in [0, 0.05) is 17.8 Å². The number of nitrogens with one attached hydrogen (secondary N) is 1. The van der Waals surface area contributed by atoms with Crippen LogP contribution in [0.3, 0.4) is 0 Å². The van der Waals surface area contributed by atoms with E-state index in [2.05, 4.69) is 15.0 Å². The lowest BCUT2D eigenvalue weighted by Crippen LogP contribution is -2.35. The number of thiophene rings is 1. The van der Waals surface area contributed by atoms with Gasteiger partial charge in [0.15, 0.2) is 11.7 Å². The Morgan fingerprint density at radius 1 is 1.41 bits per heavy atom. The number of aromatic amines is 1. The first-order valence-corrected chi connectivity index (χ1v) is 9.83. The predicted octanol–water partition coefficient (Wildman–Crippen LogP) is 3.11. The van der Waals surface area contributed by atoms with E-state index in [1.165, 1.54) is 17.6 Å². The number of oxazole rings is 1. The number of carbonyl (C=O) groups excluding carboxylic acids is 1. The number of hydrogen-bond acceptors (Lipinski definition) is 7. The molecule has 142 valence electrons. The normalized spacial score (nSPS) is 13.8. The van der Waals surface area contributed by atoms with Crippen LogP contribution < -0.4 is 5.56 Å². The Hall–Kier alpha value is -2.68. The molecule has 0 atom stereocenters. The van der Waals surface area contributed by atoms with Gasteiger partial charge in [-0.2, -0.15) is 0 Å². The number of fused-ring (bicyclic) bond motifs is 3. The molecule has 0 aliphatic carbocycles. The zero-order valence-electron chi connectivity index (χ0n) is 15.2. The smallest absolute Gasteiger partial charge is 0.410 e. The minimum atomic E-state index is -0.325. The van der Waals surface area contributed by atoms with Crippen molar-refractivity contribution in [3.05, 3.63) is 32.9 Å². The maximum absolute atomic E-state index is 12.7. The number of aromatic nitrogens is 3. The van der Waals surface area contributed by atoms with Crippen LogP contribution in [0.5, 0.6) is 0 Å². The summed E-state index contributed by atoms with van der Waals surface area (Å²) in [6.45, 7) is 5.15. The fourth-order valence-corrected chi connectivity index (χ4v) is 4.48. The maximum Gasteiger partial charge on any atom is 0.410 e. The summed E-state index contributed by atoms with van der Waals surface area (Å²) in [6.07, 6.45) is 3.48. The topological polar surface area (TPSA) is 101 Å². The number of rotatable bonds is 4. The molecule has 4 rings (SSSR count). The third kappa shape index (κ3) is 3.23. The molecule has 0 saturated heterocycles. The number of hydrogen-bond donors (Lipinski definition) is 1. The van der Waals surface area contributed by atoms with E-state index < -0.39 is 0 Å². The molecule has 3 aromatic rings.